The smallest absolute Gasteiger partial charge is 0.0631 e. The SMILES string of the molecule is CCN(CC1CCC1)CC1CCC(C)(C)C1O. The predicted octanol–water partition coefficient (Wildman–Crippen LogP) is 2.91. The summed E-state index contributed by atoms with van der Waals surface area (Å²) in [6.07, 6.45) is 6.57. The number of hydrogen-bond acceptors (Lipinski definition) is 2. The minimum atomic E-state index is -0.0991. The van der Waals surface area contributed by atoms with E-state index in [1.54, 1.807) is 0 Å². The molecular formula is C15H29NO. The first-order chi connectivity index (χ1) is 8.03. The Hall–Kier alpha value is -0.0800. The molecule has 0 aromatic rings. The Kier molecular flexibility index (Phi) is 4.14. The maximum Gasteiger partial charge on any atom is 0.0631 e. The van der Waals surface area contributed by atoms with E-state index in [0.717, 1.165) is 19.0 Å². The first-order valence-electron chi connectivity index (χ1n) is 7.43. The van der Waals surface area contributed by atoms with E-state index in [4.69, 9.17) is 0 Å². The molecule has 100 valence electrons. The van der Waals surface area contributed by atoms with Gasteiger partial charge in [0.15, 0.2) is 0 Å². The molecule has 2 aliphatic rings. The zero-order valence-corrected chi connectivity index (χ0v) is 11.8. The van der Waals surface area contributed by atoms with Gasteiger partial charge in [-0.25, -0.2) is 0 Å². The molecule has 0 spiro atoms. The van der Waals surface area contributed by atoms with Crippen LogP contribution in [0.15, 0.2) is 0 Å². The molecule has 0 aromatic heterocycles. The molecular weight excluding hydrogens is 210 g/mol. The second-order valence-corrected chi connectivity index (χ2v) is 6.88. The molecule has 2 rings (SSSR count). The topological polar surface area (TPSA) is 23.5 Å². The van der Waals surface area contributed by atoms with Crippen molar-refractivity contribution >= 4 is 0 Å². The molecule has 0 saturated heterocycles. The first kappa shape index (κ1) is 13.4. The van der Waals surface area contributed by atoms with Crippen LogP contribution in [0.2, 0.25) is 0 Å². The Bertz CT molecular complexity index is 247. The van der Waals surface area contributed by atoms with Crippen molar-refractivity contribution in [3.8, 4) is 0 Å². The van der Waals surface area contributed by atoms with Crippen molar-refractivity contribution in [1.82, 2.24) is 4.90 Å². The van der Waals surface area contributed by atoms with Crippen LogP contribution in [0.25, 0.3) is 0 Å². The van der Waals surface area contributed by atoms with Gasteiger partial charge in [0.05, 0.1) is 6.10 Å². The second-order valence-electron chi connectivity index (χ2n) is 6.88. The standard InChI is InChI=1S/C15H29NO/c1-4-16(10-12-6-5-7-12)11-13-8-9-15(2,3)14(13)17/h12-14,17H,4-11H2,1-3H3. The fourth-order valence-electron chi connectivity index (χ4n) is 3.40. The highest BCUT2D eigenvalue weighted by Gasteiger charge is 2.41. The van der Waals surface area contributed by atoms with Gasteiger partial charge in [-0.3, -0.25) is 0 Å². The van der Waals surface area contributed by atoms with E-state index in [0.29, 0.717) is 5.92 Å². The minimum absolute atomic E-state index is 0.0991. The van der Waals surface area contributed by atoms with Crippen molar-refractivity contribution in [2.75, 3.05) is 19.6 Å². The third-order valence-corrected chi connectivity index (χ3v) is 5.09. The largest absolute Gasteiger partial charge is 0.392 e. The molecule has 2 nitrogen and oxygen atoms in total. The fourth-order valence-corrected chi connectivity index (χ4v) is 3.40. The molecule has 2 heteroatoms. The highest BCUT2D eigenvalue weighted by molar-refractivity contribution is 4.92. The van der Waals surface area contributed by atoms with Crippen LogP contribution in [0.3, 0.4) is 0 Å². The Balaban J connectivity index is 1.82. The molecule has 1 N–H and O–H groups in total. The Morgan fingerprint density at radius 2 is 1.88 bits per heavy atom. The molecule has 0 heterocycles. The van der Waals surface area contributed by atoms with Crippen molar-refractivity contribution in [2.24, 2.45) is 17.3 Å². The summed E-state index contributed by atoms with van der Waals surface area (Å²) < 4.78 is 0. The van der Waals surface area contributed by atoms with E-state index in [1.807, 2.05) is 0 Å². The van der Waals surface area contributed by atoms with Gasteiger partial charge in [0.25, 0.3) is 0 Å². The molecule has 0 amide bonds. The van der Waals surface area contributed by atoms with Crippen LogP contribution in [0.1, 0.15) is 52.9 Å². The van der Waals surface area contributed by atoms with E-state index in [-0.39, 0.29) is 11.5 Å². The number of rotatable bonds is 5. The van der Waals surface area contributed by atoms with Gasteiger partial charge in [-0.1, -0.05) is 27.2 Å². The van der Waals surface area contributed by atoms with Gasteiger partial charge in [-0.2, -0.15) is 0 Å². The summed E-state index contributed by atoms with van der Waals surface area (Å²) >= 11 is 0. The quantitative estimate of drug-likeness (QED) is 0.797. The van der Waals surface area contributed by atoms with Crippen molar-refractivity contribution < 1.29 is 5.11 Å². The summed E-state index contributed by atoms with van der Waals surface area (Å²) in [5.41, 5.74) is 0.139. The summed E-state index contributed by atoms with van der Waals surface area (Å²) in [6.45, 7) is 10.2. The Labute approximate surface area is 106 Å². The number of hydrogen-bond donors (Lipinski definition) is 1. The Morgan fingerprint density at radius 3 is 2.29 bits per heavy atom. The van der Waals surface area contributed by atoms with Gasteiger partial charge in [0.2, 0.25) is 0 Å². The van der Waals surface area contributed by atoms with Crippen LogP contribution in [-0.2, 0) is 0 Å². The monoisotopic (exact) mass is 239 g/mol. The number of nitrogens with zero attached hydrogens (tertiary/aromatic N) is 1. The molecule has 2 unspecified atom stereocenters. The summed E-state index contributed by atoms with van der Waals surface area (Å²) in [7, 11) is 0. The van der Waals surface area contributed by atoms with E-state index >= 15 is 0 Å². The lowest BCUT2D eigenvalue weighted by molar-refractivity contribution is 0.0293. The first-order valence-corrected chi connectivity index (χ1v) is 7.43. The van der Waals surface area contributed by atoms with E-state index in [1.165, 1.54) is 38.6 Å². The summed E-state index contributed by atoms with van der Waals surface area (Å²) in [4.78, 5) is 2.57. The van der Waals surface area contributed by atoms with Crippen LogP contribution in [0.5, 0.6) is 0 Å². The average Bonchev–Trinajstić information content (AvgIpc) is 2.48. The van der Waals surface area contributed by atoms with Crippen LogP contribution in [0, 0.1) is 17.3 Å². The highest BCUT2D eigenvalue weighted by Crippen LogP contribution is 2.41. The van der Waals surface area contributed by atoms with Crippen LogP contribution in [0.4, 0.5) is 0 Å². The summed E-state index contributed by atoms with van der Waals surface area (Å²) in [6, 6.07) is 0. The van der Waals surface area contributed by atoms with Crippen molar-refractivity contribution in [1.29, 1.82) is 0 Å². The van der Waals surface area contributed by atoms with Gasteiger partial charge < -0.3 is 10.0 Å². The molecule has 2 saturated carbocycles. The van der Waals surface area contributed by atoms with E-state index < -0.39 is 0 Å². The summed E-state index contributed by atoms with van der Waals surface area (Å²) in [5, 5.41) is 10.3. The normalized spacial score (nSPS) is 33.0. The average molecular weight is 239 g/mol. The lowest BCUT2D eigenvalue weighted by atomic mass is 9.84. The second kappa shape index (κ2) is 5.27. The van der Waals surface area contributed by atoms with Crippen LogP contribution < -0.4 is 0 Å². The number of aliphatic hydroxyl groups is 1. The third-order valence-electron chi connectivity index (χ3n) is 5.09. The molecule has 0 aliphatic heterocycles. The van der Waals surface area contributed by atoms with Gasteiger partial charge in [-0.05, 0) is 49.5 Å². The summed E-state index contributed by atoms with van der Waals surface area (Å²) in [5.74, 6) is 1.45. The van der Waals surface area contributed by atoms with Gasteiger partial charge in [0.1, 0.15) is 0 Å². The van der Waals surface area contributed by atoms with Crippen molar-refractivity contribution in [3.63, 3.8) is 0 Å². The molecule has 2 aliphatic carbocycles. The van der Waals surface area contributed by atoms with E-state index in [9.17, 15) is 5.11 Å². The molecule has 2 fully saturated rings. The third kappa shape index (κ3) is 3.03. The van der Waals surface area contributed by atoms with Gasteiger partial charge in [0, 0.05) is 13.1 Å². The Morgan fingerprint density at radius 1 is 1.18 bits per heavy atom. The van der Waals surface area contributed by atoms with Gasteiger partial charge >= 0.3 is 0 Å². The maximum atomic E-state index is 10.3. The van der Waals surface area contributed by atoms with Crippen LogP contribution >= 0.6 is 0 Å². The zero-order valence-electron chi connectivity index (χ0n) is 11.8. The molecule has 0 aromatic carbocycles. The van der Waals surface area contributed by atoms with Crippen molar-refractivity contribution in [2.45, 2.75) is 59.0 Å². The molecule has 0 radical (unpaired) electrons. The zero-order chi connectivity index (χ0) is 12.5. The molecule has 0 bridgehead atoms. The van der Waals surface area contributed by atoms with Gasteiger partial charge in [-0.15, -0.1) is 0 Å². The number of aliphatic hydroxyl groups excluding tert-OH is 1. The maximum absolute atomic E-state index is 10.3. The van der Waals surface area contributed by atoms with Crippen molar-refractivity contribution in [3.05, 3.63) is 0 Å². The molecule has 17 heavy (non-hydrogen) atoms. The van der Waals surface area contributed by atoms with Crippen LogP contribution in [-0.4, -0.2) is 35.7 Å². The molecule has 2 atom stereocenters. The lowest BCUT2D eigenvalue weighted by Gasteiger charge is -2.34. The lowest BCUT2D eigenvalue weighted by Crippen LogP contribution is -2.39. The fraction of sp³-hybridized carbons (Fsp3) is 1.00. The predicted molar refractivity (Wildman–Crippen MR) is 72.0 cm³/mol. The minimum Gasteiger partial charge on any atom is -0.392 e. The van der Waals surface area contributed by atoms with E-state index in [2.05, 4.69) is 25.7 Å². The highest BCUT2D eigenvalue weighted by atomic mass is 16.3.